The van der Waals surface area contributed by atoms with Crippen molar-refractivity contribution in [2.24, 2.45) is 0 Å². The third-order valence-electron chi connectivity index (χ3n) is 1.86. The van der Waals surface area contributed by atoms with Crippen LogP contribution in [0.1, 0.15) is 27.6 Å². The van der Waals surface area contributed by atoms with E-state index in [0.717, 1.165) is 0 Å². The maximum absolute atomic E-state index is 11.2. The number of phenols is 1. The molecule has 0 spiro atoms. The maximum Gasteiger partial charge on any atom is 0.337 e. The topological polar surface area (TPSA) is 63.6 Å². The van der Waals surface area contributed by atoms with Gasteiger partial charge in [0.2, 0.25) is 0 Å². The van der Waals surface area contributed by atoms with Crippen molar-refractivity contribution in [1.29, 1.82) is 0 Å². The number of rotatable bonds is 2. The molecule has 0 atom stereocenters. The SMILES string of the molecule is COC(=O)c1cc(Cl)c(O)c(C(C)=O)c1. The van der Waals surface area contributed by atoms with E-state index in [2.05, 4.69) is 4.74 Å². The molecular formula is C10H9ClO4. The van der Waals surface area contributed by atoms with Gasteiger partial charge in [0, 0.05) is 0 Å². The molecule has 0 saturated heterocycles. The zero-order valence-electron chi connectivity index (χ0n) is 8.20. The Morgan fingerprint density at radius 3 is 2.47 bits per heavy atom. The summed E-state index contributed by atoms with van der Waals surface area (Å²) in [5, 5.41) is 9.39. The lowest BCUT2D eigenvalue weighted by Crippen LogP contribution is -2.04. The van der Waals surface area contributed by atoms with Crippen LogP contribution in [0.15, 0.2) is 12.1 Å². The van der Waals surface area contributed by atoms with Crippen molar-refractivity contribution in [3.8, 4) is 5.75 Å². The second kappa shape index (κ2) is 4.31. The first kappa shape index (κ1) is 11.5. The average molecular weight is 229 g/mol. The zero-order chi connectivity index (χ0) is 11.6. The second-order valence-electron chi connectivity index (χ2n) is 2.90. The molecule has 0 unspecified atom stereocenters. The molecule has 1 N–H and O–H groups in total. The van der Waals surface area contributed by atoms with E-state index in [9.17, 15) is 14.7 Å². The first-order valence-corrected chi connectivity index (χ1v) is 4.47. The lowest BCUT2D eigenvalue weighted by Gasteiger charge is -2.05. The molecule has 80 valence electrons. The summed E-state index contributed by atoms with van der Waals surface area (Å²) >= 11 is 5.65. The first-order chi connectivity index (χ1) is 6.97. The van der Waals surface area contributed by atoms with E-state index < -0.39 is 5.97 Å². The molecule has 0 amide bonds. The number of methoxy groups -OCH3 is 1. The van der Waals surface area contributed by atoms with Crippen LogP contribution in [0.4, 0.5) is 0 Å². The monoisotopic (exact) mass is 228 g/mol. The Kier molecular flexibility index (Phi) is 3.31. The smallest absolute Gasteiger partial charge is 0.337 e. The fourth-order valence-electron chi connectivity index (χ4n) is 1.10. The van der Waals surface area contributed by atoms with Crippen LogP contribution in [-0.2, 0) is 4.74 Å². The van der Waals surface area contributed by atoms with E-state index in [-0.39, 0.29) is 27.7 Å². The molecule has 0 fully saturated rings. The van der Waals surface area contributed by atoms with Gasteiger partial charge in [-0.15, -0.1) is 0 Å². The highest BCUT2D eigenvalue weighted by Crippen LogP contribution is 2.29. The van der Waals surface area contributed by atoms with Gasteiger partial charge in [-0.05, 0) is 19.1 Å². The van der Waals surface area contributed by atoms with Crippen LogP contribution in [0.25, 0.3) is 0 Å². The molecule has 1 rings (SSSR count). The minimum atomic E-state index is -0.612. The number of ketones is 1. The number of Topliss-reactive ketones (excluding diaryl/α,β-unsaturated/α-hetero) is 1. The van der Waals surface area contributed by atoms with Gasteiger partial charge in [0.05, 0.1) is 23.3 Å². The summed E-state index contributed by atoms with van der Waals surface area (Å²) in [5.74, 6) is -1.31. The normalized spacial score (nSPS) is 9.80. The zero-order valence-corrected chi connectivity index (χ0v) is 8.96. The van der Waals surface area contributed by atoms with Crippen molar-refractivity contribution in [2.75, 3.05) is 7.11 Å². The summed E-state index contributed by atoms with van der Waals surface area (Å²) in [6.07, 6.45) is 0. The molecule has 0 heterocycles. The number of esters is 1. The Morgan fingerprint density at radius 2 is 2.00 bits per heavy atom. The van der Waals surface area contributed by atoms with Crippen LogP contribution in [0.2, 0.25) is 5.02 Å². The van der Waals surface area contributed by atoms with Crippen LogP contribution in [0.3, 0.4) is 0 Å². The quantitative estimate of drug-likeness (QED) is 0.622. The summed E-state index contributed by atoms with van der Waals surface area (Å²) < 4.78 is 4.48. The standard InChI is InChI=1S/C10H9ClO4/c1-5(12)7-3-6(10(14)15-2)4-8(11)9(7)13/h3-4,13H,1-2H3. The van der Waals surface area contributed by atoms with E-state index in [0.29, 0.717) is 0 Å². The molecule has 0 aliphatic carbocycles. The molecule has 1 aromatic rings. The number of aromatic hydroxyl groups is 1. The lowest BCUT2D eigenvalue weighted by molar-refractivity contribution is 0.0600. The molecule has 0 bridgehead atoms. The molecule has 0 saturated carbocycles. The summed E-state index contributed by atoms with van der Waals surface area (Å²) in [5.41, 5.74) is 0.133. The summed E-state index contributed by atoms with van der Waals surface area (Å²) in [6, 6.07) is 2.49. The Hall–Kier alpha value is -1.55. The molecule has 0 aromatic heterocycles. The van der Waals surface area contributed by atoms with Crippen molar-refractivity contribution in [3.05, 3.63) is 28.3 Å². The number of benzene rings is 1. The number of hydrogen-bond donors (Lipinski definition) is 1. The number of halogens is 1. The fraction of sp³-hybridized carbons (Fsp3) is 0.200. The lowest BCUT2D eigenvalue weighted by atomic mass is 10.1. The molecule has 1 aromatic carbocycles. The molecule has 4 nitrogen and oxygen atoms in total. The van der Waals surface area contributed by atoms with Crippen molar-refractivity contribution >= 4 is 23.4 Å². The van der Waals surface area contributed by atoms with Crippen LogP contribution in [-0.4, -0.2) is 24.0 Å². The predicted molar refractivity (Wildman–Crippen MR) is 54.5 cm³/mol. The first-order valence-electron chi connectivity index (χ1n) is 4.09. The summed E-state index contributed by atoms with van der Waals surface area (Å²) in [7, 11) is 1.22. The highest BCUT2D eigenvalue weighted by atomic mass is 35.5. The summed E-state index contributed by atoms with van der Waals surface area (Å²) in [4.78, 5) is 22.3. The van der Waals surface area contributed by atoms with E-state index in [1.807, 2.05) is 0 Å². The largest absolute Gasteiger partial charge is 0.506 e. The third kappa shape index (κ3) is 2.27. The maximum atomic E-state index is 11.2. The molecule has 15 heavy (non-hydrogen) atoms. The van der Waals surface area contributed by atoms with E-state index in [4.69, 9.17) is 11.6 Å². The highest BCUT2D eigenvalue weighted by molar-refractivity contribution is 6.33. The van der Waals surface area contributed by atoms with Crippen molar-refractivity contribution in [1.82, 2.24) is 0 Å². The Bertz CT molecular complexity index is 426. The van der Waals surface area contributed by atoms with Gasteiger partial charge in [-0.1, -0.05) is 11.6 Å². The molecule has 0 aliphatic heterocycles. The van der Waals surface area contributed by atoms with Gasteiger partial charge >= 0.3 is 5.97 Å². The van der Waals surface area contributed by atoms with Crippen LogP contribution in [0, 0.1) is 0 Å². The number of hydrogen-bond acceptors (Lipinski definition) is 4. The van der Waals surface area contributed by atoms with Crippen molar-refractivity contribution in [2.45, 2.75) is 6.92 Å². The van der Waals surface area contributed by atoms with Crippen molar-refractivity contribution in [3.63, 3.8) is 0 Å². The number of carbonyl (C=O) groups is 2. The molecule has 0 aliphatic rings. The van der Waals surface area contributed by atoms with Gasteiger partial charge in [0.15, 0.2) is 5.78 Å². The Balaban J connectivity index is 3.35. The van der Waals surface area contributed by atoms with Crippen molar-refractivity contribution < 1.29 is 19.4 Å². The average Bonchev–Trinajstić information content (AvgIpc) is 2.20. The van der Waals surface area contributed by atoms with Gasteiger partial charge in [-0.2, -0.15) is 0 Å². The minimum Gasteiger partial charge on any atom is -0.506 e. The van der Waals surface area contributed by atoms with E-state index in [1.165, 1.54) is 26.2 Å². The molecule has 0 radical (unpaired) electrons. The van der Waals surface area contributed by atoms with Crippen LogP contribution in [0.5, 0.6) is 5.75 Å². The van der Waals surface area contributed by atoms with Gasteiger partial charge in [0.1, 0.15) is 5.75 Å². The molecule has 5 heteroatoms. The summed E-state index contributed by atoms with van der Waals surface area (Å²) in [6.45, 7) is 1.27. The van der Waals surface area contributed by atoms with Gasteiger partial charge in [0.25, 0.3) is 0 Å². The van der Waals surface area contributed by atoms with Gasteiger partial charge in [-0.25, -0.2) is 4.79 Å². The van der Waals surface area contributed by atoms with E-state index in [1.54, 1.807) is 0 Å². The van der Waals surface area contributed by atoms with Crippen LogP contribution >= 0.6 is 11.6 Å². The minimum absolute atomic E-state index is 0.00269. The van der Waals surface area contributed by atoms with E-state index >= 15 is 0 Å². The number of ether oxygens (including phenoxy) is 1. The van der Waals surface area contributed by atoms with Gasteiger partial charge in [-0.3, -0.25) is 4.79 Å². The Morgan fingerprint density at radius 1 is 1.40 bits per heavy atom. The highest BCUT2D eigenvalue weighted by Gasteiger charge is 2.15. The number of carbonyl (C=O) groups excluding carboxylic acids is 2. The van der Waals surface area contributed by atoms with Gasteiger partial charge < -0.3 is 9.84 Å². The number of phenolic OH excluding ortho intramolecular Hbond substituents is 1. The molecular weight excluding hydrogens is 220 g/mol. The van der Waals surface area contributed by atoms with Crippen LogP contribution < -0.4 is 0 Å². The second-order valence-corrected chi connectivity index (χ2v) is 3.31. The third-order valence-corrected chi connectivity index (χ3v) is 2.15. The predicted octanol–water partition coefficient (Wildman–Crippen LogP) is 2.03. The Labute approximate surface area is 91.4 Å². The fourth-order valence-corrected chi connectivity index (χ4v) is 1.32.